The second-order valence-electron chi connectivity index (χ2n) is 4.47. The number of hydrogen-bond donors (Lipinski definition) is 1. The monoisotopic (exact) mass is 293 g/mol. The first-order valence-corrected chi connectivity index (χ1v) is 6.67. The summed E-state index contributed by atoms with van der Waals surface area (Å²) in [4.78, 5) is 11.9. The third kappa shape index (κ3) is 3.78. The normalized spacial score (nSPS) is 11.9. The number of aryl methyl sites for hydroxylation is 1. The first-order valence-electron chi connectivity index (χ1n) is 6.29. The molecule has 20 heavy (non-hydrogen) atoms. The summed E-state index contributed by atoms with van der Waals surface area (Å²) >= 11 is 5.88. The van der Waals surface area contributed by atoms with E-state index in [1.807, 2.05) is 6.92 Å². The Hall–Kier alpha value is -1.94. The van der Waals surface area contributed by atoms with Crippen molar-refractivity contribution in [3.05, 3.63) is 52.9 Å². The molecule has 1 aromatic carbocycles. The zero-order valence-electron chi connectivity index (χ0n) is 11.4. The third-order valence-electron chi connectivity index (χ3n) is 2.83. The third-order valence-corrected chi connectivity index (χ3v) is 3.06. The van der Waals surface area contributed by atoms with Crippen LogP contribution in [0.5, 0.6) is 5.75 Å². The fraction of sp³-hybridized carbons (Fsp3) is 0.267. The van der Waals surface area contributed by atoms with Crippen molar-refractivity contribution in [3.8, 4) is 5.75 Å². The summed E-state index contributed by atoms with van der Waals surface area (Å²) in [7, 11) is 0. The lowest BCUT2D eigenvalue weighted by molar-refractivity contribution is -0.127. The van der Waals surface area contributed by atoms with E-state index in [0.717, 1.165) is 5.56 Å². The van der Waals surface area contributed by atoms with E-state index in [2.05, 4.69) is 5.32 Å². The molecule has 2 rings (SSSR count). The molecule has 1 atom stereocenters. The molecule has 0 aliphatic rings. The summed E-state index contributed by atoms with van der Waals surface area (Å²) in [6.45, 7) is 3.93. The van der Waals surface area contributed by atoms with Crippen molar-refractivity contribution in [2.24, 2.45) is 0 Å². The van der Waals surface area contributed by atoms with Gasteiger partial charge in [-0.05, 0) is 49.7 Å². The van der Waals surface area contributed by atoms with Crippen molar-refractivity contribution in [1.82, 2.24) is 5.32 Å². The highest BCUT2D eigenvalue weighted by Crippen LogP contribution is 2.22. The molecular formula is C15H16ClNO3. The molecule has 5 heteroatoms. The van der Waals surface area contributed by atoms with E-state index in [-0.39, 0.29) is 5.91 Å². The van der Waals surface area contributed by atoms with Gasteiger partial charge < -0.3 is 14.5 Å². The number of nitrogens with one attached hydrogen (secondary N) is 1. The first kappa shape index (κ1) is 14.5. The second kappa shape index (κ2) is 6.48. The van der Waals surface area contributed by atoms with Crippen molar-refractivity contribution < 1.29 is 13.9 Å². The van der Waals surface area contributed by atoms with Crippen LogP contribution in [0.4, 0.5) is 0 Å². The molecule has 1 amide bonds. The molecule has 0 spiro atoms. The van der Waals surface area contributed by atoms with Crippen molar-refractivity contribution in [3.63, 3.8) is 0 Å². The molecule has 0 radical (unpaired) electrons. The van der Waals surface area contributed by atoms with Crippen LogP contribution in [-0.4, -0.2) is 12.0 Å². The molecule has 0 aliphatic heterocycles. The predicted molar refractivity (Wildman–Crippen MR) is 76.8 cm³/mol. The quantitative estimate of drug-likeness (QED) is 0.920. The highest BCUT2D eigenvalue weighted by molar-refractivity contribution is 6.30. The average molecular weight is 294 g/mol. The van der Waals surface area contributed by atoms with Crippen LogP contribution in [-0.2, 0) is 11.3 Å². The average Bonchev–Trinajstić information content (AvgIpc) is 2.92. The molecule has 0 fully saturated rings. The molecular weight excluding hydrogens is 278 g/mol. The van der Waals surface area contributed by atoms with Gasteiger partial charge in [-0.1, -0.05) is 11.6 Å². The minimum atomic E-state index is -0.593. The van der Waals surface area contributed by atoms with Crippen LogP contribution in [0.1, 0.15) is 18.2 Å². The van der Waals surface area contributed by atoms with Crippen molar-refractivity contribution in [2.75, 3.05) is 0 Å². The molecule has 106 valence electrons. The fourth-order valence-electron chi connectivity index (χ4n) is 1.72. The number of halogens is 1. The minimum absolute atomic E-state index is 0.198. The number of carbonyl (C=O) groups is 1. The van der Waals surface area contributed by atoms with Gasteiger partial charge in [0.05, 0.1) is 12.8 Å². The standard InChI is InChI=1S/C15H16ClNO3/c1-10-8-12(16)5-6-14(10)20-11(2)15(18)17-9-13-4-3-7-19-13/h3-8,11H,9H2,1-2H3,(H,17,18)/t11-/m1/s1. The molecule has 0 saturated carbocycles. The summed E-state index contributed by atoms with van der Waals surface area (Å²) in [5, 5.41) is 3.40. The second-order valence-corrected chi connectivity index (χ2v) is 4.90. The van der Waals surface area contributed by atoms with Gasteiger partial charge in [0.1, 0.15) is 11.5 Å². The minimum Gasteiger partial charge on any atom is -0.481 e. The number of furan rings is 1. The van der Waals surface area contributed by atoms with Crippen LogP contribution in [0, 0.1) is 6.92 Å². The van der Waals surface area contributed by atoms with E-state index >= 15 is 0 Å². The maximum atomic E-state index is 11.9. The molecule has 0 bridgehead atoms. The predicted octanol–water partition coefficient (Wildman–Crippen LogP) is 3.33. The van der Waals surface area contributed by atoms with Crippen molar-refractivity contribution in [2.45, 2.75) is 26.5 Å². The SMILES string of the molecule is Cc1cc(Cl)ccc1O[C@H](C)C(=O)NCc1ccco1. The number of benzene rings is 1. The van der Waals surface area contributed by atoms with Gasteiger partial charge in [0.2, 0.25) is 0 Å². The molecule has 0 saturated heterocycles. The van der Waals surface area contributed by atoms with E-state index in [9.17, 15) is 4.79 Å². The smallest absolute Gasteiger partial charge is 0.261 e. The Morgan fingerprint density at radius 2 is 2.25 bits per heavy atom. The summed E-state index contributed by atoms with van der Waals surface area (Å²) < 4.78 is 10.8. The van der Waals surface area contributed by atoms with E-state index in [4.69, 9.17) is 20.8 Å². The molecule has 1 heterocycles. The topological polar surface area (TPSA) is 51.5 Å². The Labute approximate surface area is 122 Å². The van der Waals surface area contributed by atoms with E-state index in [0.29, 0.717) is 23.1 Å². The van der Waals surface area contributed by atoms with E-state index in [1.165, 1.54) is 0 Å². The summed E-state index contributed by atoms with van der Waals surface area (Å²) in [5.74, 6) is 1.15. The summed E-state index contributed by atoms with van der Waals surface area (Å²) in [6, 6.07) is 8.86. The number of rotatable bonds is 5. The fourth-order valence-corrected chi connectivity index (χ4v) is 1.95. The highest BCUT2D eigenvalue weighted by atomic mass is 35.5. The summed E-state index contributed by atoms with van der Waals surface area (Å²) in [5.41, 5.74) is 0.892. The Balaban J connectivity index is 1.90. The molecule has 0 aliphatic carbocycles. The van der Waals surface area contributed by atoms with Crippen LogP contribution >= 0.6 is 11.6 Å². The number of amides is 1. The van der Waals surface area contributed by atoms with Crippen LogP contribution in [0.15, 0.2) is 41.0 Å². The van der Waals surface area contributed by atoms with Crippen LogP contribution < -0.4 is 10.1 Å². The molecule has 4 nitrogen and oxygen atoms in total. The maximum absolute atomic E-state index is 11.9. The van der Waals surface area contributed by atoms with Crippen molar-refractivity contribution in [1.29, 1.82) is 0 Å². The zero-order valence-corrected chi connectivity index (χ0v) is 12.1. The zero-order chi connectivity index (χ0) is 14.5. The Kier molecular flexibility index (Phi) is 4.69. The van der Waals surface area contributed by atoms with Gasteiger partial charge in [-0.2, -0.15) is 0 Å². The van der Waals surface area contributed by atoms with Gasteiger partial charge in [-0.25, -0.2) is 0 Å². The molecule has 1 aromatic heterocycles. The number of ether oxygens (including phenoxy) is 1. The molecule has 1 N–H and O–H groups in total. The Morgan fingerprint density at radius 1 is 1.45 bits per heavy atom. The van der Waals surface area contributed by atoms with E-state index in [1.54, 1.807) is 43.5 Å². The molecule has 0 unspecified atom stereocenters. The Bertz CT molecular complexity index is 581. The van der Waals surface area contributed by atoms with Gasteiger partial charge in [-0.15, -0.1) is 0 Å². The number of hydrogen-bond acceptors (Lipinski definition) is 3. The summed E-state index contributed by atoms with van der Waals surface area (Å²) in [6.07, 6.45) is 0.975. The number of carbonyl (C=O) groups excluding carboxylic acids is 1. The Morgan fingerprint density at radius 3 is 2.90 bits per heavy atom. The van der Waals surface area contributed by atoms with E-state index < -0.39 is 6.10 Å². The van der Waals surface area contributed by atoms with Crippen LogP contribution in [0.25, 0.3) is 0 Å². The van der Waals surface area contributed by atoms with Gasteiger partial charge in [-0.3, -0.25) is 4.79 Å². The van der Waals surface area contributed by atoms with Gasteiger partial charge in [0, 0.05) is 5.02 Å². The van der Waals surface area contributed by atoms with Gasteiger partial charge in [0.15, 0.2) is 6.10 Å². The molecule has 2 aromatic rings. The van der Waals surface area contributed by atoms with Crippen LogP contribution in [0.3, 0.4) is 0 Å². The van der Waals surface area contributed by atoms with Gasteiger partial charge >= 0.3 is 0 Å². The lowest BCUT2D eigenvalue weighted by Gasteiger charge is -2.16. The largest absolute Gasteiger partial charge is 0.481 e. The lowest BCUT2D eigenvalue weighted by Crippen LogP contribution is -2.35. The first-order chi connectivity index (χ1) is 9.56. The van der Waals surface area contributed by atoms with Gasteiger partial charge in [0.25, 0.3) is 5.91 Å². The lowest BCUT2D eigenvalue weighted by atomic mass is 10.2. The van der Waals surface area contributed by atoms with Crippen LogP contribution in [0.2, 0.25) is 5.02 Å². The van der Waals surface area contributed by atoms with Crippen molar-refractivity contribution >= 4 is 17.5 Å². The maximum Gasteiger partial charge on any atom is 0.261 e. The highest BCUT2D eigenvalue weighted by Gasteiger charge is 2.15.